The lowest BCUT2D eigenvalue weighted by Crippen LogP contribution is -2.30. The second kappa shape index (κ2) is 54.9. The molecular weight excluding hydrogens is 928 g/mol. The van der Waals surface area contributed by atoms with Crippen molar-refractivity contribution in [2.45, 2.75) is 303 Å². The molecule has 2 N–H and O–H groups in total. The van der Waals surface area contributed by atoms with Gasteiger partial charge in [-0.3, -0.25) is 23.4 Å². The molecule has 0 rings (SSSR count). The van der Waals surface area contributed by atoms with E-state index in [0.717, 1.165) is 103 Å². The predicted octanol–water partition coefficient (Wildman–Crippen LogP) is 17.6. The van der Waals surface area contributed by atoms with Crippen molar-refractivity contribution in [3.8, 4) is 0 Å². The molecule has 0 aliphatic rings. The number of esters is 3. The fourth-order valence-electron chi connectivity index (χ4n) is 8.43. The van der Waals surface area contributed by atoms with Crippen LogP contribution in [0.3, 0.4) is 0 Å². The van der Waals surface area contributed by atoms with Crippen LogP contribution in [-0.4, -0.2) is 66.5 Å². The van der Waals surface area contributed by atoms with Gasteiger partial charge in [-0.15, -0.1) is 0 Å². The van der Waals surface area contributed by atoms with Crippen LogP contribution in [0.15, 0.2) is 36.5 Å². The number of carbonyl (C=O) groups is 3. The van der Waals surface area contributed by atoms with Crippen molar-refractivity contribution in [2.75, 3.05) is 26.4 Å². The lowest BCUT2D eigenvalue weighted by atomic mass is 10.0. The molecule has 0 aliphatic heterocycles. The van der Waals surface area contributed by atoms with E-state index >= 15 is 0 Å². The van der Waals surface area contributed by atoms with Crippen molar-refractivity contribution in [1.82, 2.24) is 0 Å². The van der Waals surface area contributed by atoms with Gasteiger partial charge in [-0.2, -0.15) is 0 Å². The number of phosphoric ester groups is 1. The fourth-order valence-corrected chi connectivity index (χ4v) is 9.21. The lowest BCUT2D eigenvalue weighted by Gasteiger charge is -2.21. The first-order valence-corrected chi connectivity index (χ1v) is 31.4. The Bertz CT molecular complexity index is 1350. The second-order valence-corrected chi connectivity index (χ2v) is 21.6. The fraction of sp³-hybridized carbons (Fsp3) is 0.850. The van der Waals surface area contributed by atoms with Crippen molar-refractivity contribution in [3.63, 3.8) is 0 Å². The van der Waals surface area contributed by atoms with Gasteiger partial charge in [-0.25, -0.2) is 4.57 Å². The van der Waals surface area contributed by atoms with E-state index in [0.29, 0.717) is 19.3 Å². The molecule has 0 aromatic carbocycles. The Labute approximate surface area is 441 Å². The second-order valence-electron chi connectivity index (χ2n) is 20.2. The summed E-state index contributed by atoms with van der Waals surface area (Å²) in [7, 11) is -4.75. The topological polar surface area (TPSA) is 155 Å². The van der Waals surface area contributed by atoms with Gasteiger partial charge in [-0.1, -0.05) is 237 Å². The molecule has 72 heavy (non-hydrogen) atoms. The van der Waals surface area contributed by atoms with Crippen LogP contribution < -0.4 is 0 Å². The average Bonchev–Trinajstić information content (AvgIpc) is 3.37. The monoisotopic (exact) mass is 1040 g/mol. The number of rotatable bonds is 56. The lowest BCUT2D eigenvalue weighted by molar-refractivity contribution is -0.161. The number of unbranched alkanes of at least 4 members (excludes halogenated alkanes) is 33. The quantitative estimate of drug-likeness (QED) is 0.0197. The van der Waals surface area contributed by atoms with Crippen molar-refractivity contribution in [3.05, 3.63) is 36.5 Å². The van der Waals surface area contributed by atoms with E-state index < -0.39 is 57.8 Å². The molecule has 0 aliphatic carbocycles. The zero-order valence-electron chi connectivity index (χ0n) is 46.7. The minimum Gasteiger partial charge on any atom is -0.462 e. The highest BCUT2D eigenvalue weighted by Crippen LogP contribution is 2.43. The van der Waals surface area contributed by atoms with Gasteiger partial charge < -0.3 is 24.2 Å². The maximum absolute atomic E-state index is 12.9. The van der Waals surface area contributed by atoms with E-state index in [1.807, 2.05) is 0 Å². The number of hydrogen-bond donors (Lipinski definition) is 2. The molecule has 0 amide bonds. The number of carbonyl (C=O) groups excluding carboxylic acids is 3. The summed E-state index contributed by atoms with van der Waals surface area (Å²) < 4.78 is 39.5. The summed E-state index contributed by atoms with van der Waals surface area (Å²) in [5, 5.41) is 9.79. The molecule has 422 valence electrons. The van der Waals surface area contributed by atoms with Gasteiger partial charge in [0.15, 0.2) is 6.10 Å². The normalized spacial score (nSPS) is 13.6. The summed E-state index contributed by atoms with van der Waals surface area (Å²) in [4.78, 5) is 48.5. The molecule has 0 fully saturated rings. The molecule has 0 heterocycles. The van der Waals surface area contributed by atoms with E-state index in [1.54, 1.807) is 0 Å². The summed E-state index contributed by atoms with van der Waals surface area (Å²) in [5.74, 6) is -1.47. The van der Waals surface area contributed by atoms with E-state index in [2.05, 4.69) is 57.2 Å². The standard InChI is InChI=1S/C60H111O11P/c1-4-7-10-13-16-19-22-24-26-27-28-29-31-33-36-39-42-45-48-51-60(64)71-57(53-67-58(62)49-46-43-40-37-35-32-30-25-23-20-17-14-11-8-5-2)55-69-72(65,66)68-54-56(52-61)70-59(63)50-47-44-41-38-34-21-18-15-12-9-6-3/h15,17-18,20,25,30,56-57,61H,4-14,16,19,21-24,26-29,31-55H2,1-3H3,(H,65,66)/b18-15-,20-17-,30-25-. The first-order chi connectivity index (χ1) is 35.2. The summed E-state index contributed by atoms with van der Waals surface area (Å²) in [5.41, 5.74) is 0. The number of hydrogen-bond acceptors (Lipinski definition) is 10. The largest absolute Gasteiger partial charge is 0.472 e. The van der Waals surface area contributed by atoms with Gasteiger partial charge in [0.25, 0.3) is 0 Å². The van der Waals surface area contributed by atoms with Gasteiger partial charge in [0, 0.05) is 19.3 Å². The van der Waals surface area contributed by atoms with Crippen LogP contribution in [0.4, 0.5) is 0 Å². The van der Waals surface area contributed by atoms with Crippen LogP contribution in [0.25, 0.3) is 0 Å². The maximum atomic E-state index is 12.9. The number of aliphatic hydroxyl groups excluding tert-OH is 1. The Kier molecular flexibility index (Phi) is 53.2. The van der Waals surface area contributed by atoms with E-state index in [4.69, 9.17) is 23.3 Å². The zero-order valence-corrected chi connectivity index (χ0v) is 47.6. The van der Waals surface area contributed by atoms with Gasteiger partial charge in [0.2, 0.25) is 0 Å². The molecule has 0 saturated heterocycles. The molecular formula is C60H111O11P. The molecule has 0 radical (unpaired) electrons. The molecule has 11 nitrogen and oxygen atoms in total. The van der Waals surface area contributed by atoms with Crippen molar-refractivity contribution >= 4 is 25.7 Å². The van der Waals surface area contributed by atoms with Gasteiger partial charge >= 0.3 is 25.7 Å². The number of aliphatic hydroxyl groups is 1. The van der Waals surface area contributed by atoms with Crippen LogP contribution in [0.2, 0.25) is 0 Å². The Morgan fingerprint density at radius 3 is 1.11 bits per heavy atom. The molecule has 3 unspecified atom stereocenters. The molecule has 0 saturated carbocycles. The molecule has 3 atom stereocenters. The van der Waals surface area contributed by atoms with Crippen LogP contribution in [0, 0.1) is 0 Å². The maximum Gasteiger partial charge on any atom is 0.472 e. The molecule has 0 bridgehead atoms. The Hall–Kier alpha value is -2.30. The number of phosphoric acid groups is 1. The van der Waals surface area contributed by atoms with Crippen molar-refractivity contribution in [2.24, 2.45) is 0 Å². The van der Waals surface area contributed by atoms with Gasteiger partial charge in [0.05, 0.1) is 19.8 Å². The van der Waals surface area contributed by atoms with Gasteiger partial charge in [0.1, 0.15) is 12.7 Å². The van der Waals surface area contributed by atoms with Crippen LogP contribution in [-0.2, 0) is 42.2 Å². The molecule has 0 aromatic rings. The highest BCUT2D eigenvalue weighted by Gasteiger charge is 2.28. The van der Waals surface area contributed by atoms with E-state index in [1.165, 1.54) is 128 Å². The van der Waals surface area contributed by atoms with Crippen LogP contribution in [0.1, 0.15) is 290 Å². The highest BCUT2D eigenvalue weighted by molar-refractivity contribution is 7.47. The average molecular weight is 1040 g/mol. The predicted molar refractivity (Wildman–Crippen MR) is 298 cm³/mol. The first kappa shape index (κ1) is 69.7. The summed E-state index contributed by atoms with van der Waals surface area (Å²) in [6, 6.07) is 0. The molecule has 12 heteroatoms. The number of allylic oxidation sites excluding steroid dienone is 6. The molecule has 0 spiro atoms. The molecule has 0 aromatic heterocycles. The summed E-state index contributed by atoms with van der Waals surface area (Å²) in [6.07, 6.45) is 56.8. The smallest absolute Gasteiger partial charge is 0.462 e. The third kappa shape index (κ3) is 52.6. The van der Waals surface area contributed by atoms with E-state index in [-0.39, 0.29) is 25.9 Å². The Balaban J connectivity index is 4.69. The Morgan fingerprint density at radius 2 is 0.694 bits per heavy atom. The van der Waals surface area contributed by atoms with E-state index in [9.17, 15) is 28.9 Å². The van der Waals surface area contributed by atoms with Crippen molar-refractivity contribution in [1.29, 1.82) is 0 Å². The highest BCUT2D eigenvalue weighted by atomic mass is 31.2. The first-order valence-electron chi connectivity index (χ1n) is 29.9. The van der Waals surface area contributed by atoms with Crippen LogP contribution >= 0.6 is 7.82 Å². The van der Waals surface area contributed by atoms with Crippen LogP contribution in [0.5, 0.6) is 0 Å². The van der Waals surface area contributed by atoms with Crippen molar-refractivity contribution < 1.29 is 52.2 Å². The van der Waals surface area contributed by atoms with Gasteiger partial charge in [-0.05, 0) is 70.6 Å². The number of ether oxygens (including phenoxy) is 3. The third-order valence-electron chi connectivity index (χ3n) is 13.0. The third-order valence-corrected chi connectivity index (χ3v) is 14.0. The minimum atomic E-state index is -4.75. The SMILES string of the molecule is CCCC/C=C\CCCCCCCC(=O)OC(CO)COP(=O)(O)OCC(COC(=O)CCCCCCC/C=C\C/C=C\CCCCC)OC(=O)CCCCCCCCCCCCCCCCCCCCC. The minimum absolute atomic E-state index is 0.168. The summed E-state index contributed by atoms with van der Waals surface area (Å²) >= 11 is 0. The zero-order chi connectivity index (χ0) is 52.7. The summed E-state index contributed by atoms with van der Waals surface area (Å²) in [6.45, 7) is 4.60. The Morgan fingerprint density at radius 1 is 0.389 bits per heavy atom.